The minimum absolute atomic E-state index is 0.153. The van der Waals surface area contributed by atoms with E-state index < -0.39 is 0 Å². The topological polar surface area (TPSA) is 62.0 Å². The van der Waals surface area contributed by atoms with E-state index in [1.807, 2.05) is 50.2 Å². The molecule has 1 heterocycles. The van der Waals surface area contributed by atoms with Gasteiger partial charge in [0, 0.05) is 23.9 Å². The van der Waals surface area contributed by atoms with Gasteiger partial charge in [-0.3, -0.25) is 9.59 Å². The first kappa shape index (κ1) is 14.8. The summed E-state index contributed by atoms with van der Waals surface area (Å²) in [6, 6.07) is 11.5. The van der Waals surface area contributed by atoms with Gasteiger partial charge in [0.05, 0.1) is 0 Å². The highest BCUT2D eigenvalue weighted by Crippen LogP contribution is 2.03. The van der Waals surface area contributed by atoms with Gasteiger partial charge in [-0.15, -0.1) is 0 Å². The maximum atomic E-state index is 11.8. The molecule has 0 saturated carbocycles. The normalized spacial score (nSPS) is 10.8. The van der Waals surface area contributed by atoms with Crippen molar-refractivity contribution in [3.63, 3.8) is 0 Å². The molecule has 21 heavy (non-hydrogen) atoms. The van der Waals surface area contributed by atoms with Gasteiger partial charge < -0.3 is 10.3 Å². The average molecular weight is 282 g/mol. The van der Waals surface area contributed by atoms with Crippen LogP contribution >= 0.6 is 0 Å². The van der Waals surface area contributed by atoms with E-state index in [2.05, 4.69) is 10.3 Å². The van der Waals surface area contributed by atoms with Crippen LogP contribution in [0, 0.1) is 13.8 Å². The second-order valence-corrected chi connectivity index (χ2v) is 4.90. The summed E-state index contributed by atoms with van der Waals surface area (Å²) < 4.78 is 0. The van der Waals surface area contributed by atoms with Gasteiger partial charge in [-0.1, -0.05) is 30.3 Å². The molecule has 1 aromatic carbocycles. The first-order chi connectivity index (χ1) is 10.1. The number of hydrogen-bond donors (Lipinski definition) is 2. The Bertz CT molecular complexity index is 715. The van der Waals surface area contributed by atoms with Crippen molar-refractivity contribution >= 4 is 12.0 Å². The maximum absolute atomic E-state index is 11.8. The zero-order chi connectivity index (χ0) is 15.2. The summed E-state index contributed by atoms with van der Waals surface area (Å²) in [6.07, 6.45) is 3.20. The number of hydrogen-bond acceptors (Lipinski definition) is 2. The Kier molecular flexibility index (Phi) is 4.72. The van der Waals surface area contributed by atoms with Gasteiger partial charge in [-0.25, -0.2) is 0 Å². The molecule has 0 radical (unpaired) electrons. The summed E-state index contributed by atoms with van der Waals surface area (Å²) >= 11 is 0. The average Bonchev–Trinajstić information content (AvgIpc) is 2.45. The van der Waals surface area contributed by atoms with Gasteiger partial charge in [0.25, 0.3) is 5.56 Å². The number of pyridine rings is 1. The molecular formula is C17H18N2O2. The van der Waals surface area contributed by atoms with E-state index in [1.54, 1.807) is 6.08 Å². The summed E-state index contributed by atoms with van der Waals surface area (Å²) in [4.78, 5) is 26.3. The molecule has 1 aromatic heterocycles. The van der Waals surface area contributed by atoms with Crippen molar-refractivity contribution in [2.24, 2.45) is 0 Å². The maximum Gasteiger partial charge on any atom is 0.253 e. The summed E-state index contributed by atoms with van der Waals surface area (Å²) in [7, 11) is 0. The van der Waals surface area contributed by atoms with Crippen LogP contribution in [0.2, 0.25) is 0 Å². The predicted octanol–water partition coefficient (Wildman–Crippen LogP) is 2.32. The Morgan fingerprint density at radius 1 is 1.24 bits per heavy atom. The molecule has 0 atom stereocenters. The van der Waals surface area contributed by atoms with E-state index in [9.17, 15) is 9.59 Å². The molecule has 4 heteroatoms. The first-order valence-corrected chi connectivity index (χ1v) is 6.76. The lowest BCUT2D eigenvalue weighted by Gasteiger charge is -2.06. The van der Waals surface area contributed by atoms with Crippen molar-refractivity contribution in [3.8, 4) is 0 Å². The number of aromatic nitrogens is 1. The van der Waals surface area contributed by atoms with Crippen LogP contribution < -0.4 is 10.9 Å². The lowest BCUT2D eigenvalue weighted by atomic mass is 10.1. The number of aromatic amines is 1. The molecule has 2 N–H and O–H groups in total. The number of rotatable bonds is 4. The molecule has 2 aromatic rings. The van der Waals surface area contributed by atoms with Crippen LogP contribution in [0.15, 0.2) is 47.3 Å². The highest BCUT2D eigenvalue weighted by atomic mass is 16.1. The molecular weight excluding hydrogens is 264 g/mol. The minimum atomic E-state index is -0.224. The van der Waals surface area contributed by atoms with Gasteiger partial charge in [-0.2, -0.15) is 0 Å². The molecule has 0 spiro atoms. The fraction of sp³-hybridized carbons (Fsp3) is 0.176. The van der Waals surface area contributed by atoms with Crippen molar-refractivity contribution in [1.29, 1.82) is 0 Å². The van der Waals surface area contributed by atoms with Crippen LogP contribution in [0.3, 0.4) is 0 Å². The van der Waals surface area contributed by atoms with E-state index in [-0.39, 0.29) is 18.0 Å². The van der Waals surface area contributed by atoms with E-state index in [0.29, 0.717) is 5.56 Å². The van der Waals surface area contributed by atoms with Crippen LogP contribution in [0.1, 0.15) is 22.4 Å². The Hall–Kier alpha value is -2.62. The molecule has 4 nitrogen and oxygen atoms in total. The fourth-order valence-electron chi connectivity index (χ4n) is 2.07. The van der Waals surface area contributed by atoms with Crippen molar-refractivity contribution in [2.75, 3.05) is 0 Å². The molecule has 0 bridgehead atoms. The van der Waals surface area contributed by atoms with Crippen molar-refractivity contribution in [1.82, 2.24) is 10.3 Å². The minimum Gasteiger partial charge on any atom is -0.348 e. The monoisotopic (exact) mass is 282 g/mol. The number of carbonyl (C=O) groups is 1. The highest BCUT2D eigenvalue weighted by molar-refractivity contribution is 5.91. The van der Waals surface area contributed by atoms with Gasteiger partial charge in [0.15, 0.2) is 0 Å². The van der Waals surface area contributed by atoms with Crippen LogP contribution in [0.4, 0.5) is 0 Å². The molecule has 1 amide bonds. The Morgan fingerprint density at radius 3 is 2.62 bits per heavy atom. The molecule has 0 unspecified atom stereocenters. The molecule has 2 rings (SSSR count). The number of H-pyrrole nitrogens is 1. The van der Waals surface area contributed by atoms with E-state index >= 15 is 0 Å². The molecule has 0 saturated heterocycles. The third-order valence-corrected chi connectivity index (χ3v) is 3.16. The summed E-state index contributed by atoms with van der Waals surface area (Å²) in [5, 5.41) is 2.72. The Labute approximate surface area is 123 Å². The van der Waals surface area contributed by atoms with Crippen molar-refractivity contribution in [2.45, 2.75) is 20.4 Å². The van der Waals surface area contributed by atoms with Crippen molar-refractivity contribution < 1.29 is 4.79 Å². The van der Waals surface area contributed by atoms with E-state index in [0.717, 1.165) is 16.8 Å². The second kappa shape index (κ2) is 6.70. The lowest BCUT2D eigenvalue weighted by molar-refractivity contribution is -0.116. The quantitative estimate of drug-likeness (QED) is 0.845. The SMILES string of the molecule is Cc1cc(C)c(CNC(=O)/C=C/c2ccccc2)c(=O)[nH]1. The van der Waals surface area contributed by atoms with Gasteiger partial charge in [0.1, 0.15) is 0 Å². The number of benzene rings is 1. The van der Waals surface area contributed by atoms with Gasteiger partial charge in [-0.05, 0) is 37.1 Å². The number of amides is 1. The number of aryl methyl sites for hydroxylation is 2. The smallest absolute Gasteiger partial charge is 0.253 e. The summed E-state index contributed by atoms with van der Waals surface area (Å²) in [5.74, 6) is -0.224. The van der Waals surface area contributed by atoms with Crippen molar-refractivity contribution in [3.05, 3.63) is 75.2 Å². The fourth-order valence-corrected chi connectivity index (χ4v) is 2.07. The molecule has 0 aliphatic heterocycles. The zero-order valence-electron chi connectivity index (χ0n) is 12.1. The summed E-state index contributed by atoms with van der Waals surface area (Å²) in [6.45, 7) is 3.92. The highest BCUT2D eigenvalue weighted by Gasteiger charge is 2.05. The lowest BCUT2D eigenvalue weighted by Crippen LogP contribution is -2.26. The van der Waals surface area contributed by atoms with Gasteiger partial charge in [0.2, 0.25) is 5.91 Å². The predicted molar refractivity (Wildman–Crippen MR) is 83.9 cm³/mol. The molecule has 108 valence electrons. The molecule has 0 fully saturated rings. The number of nitrogens with one attached hydrogen (secondary N) is 2. The molecule has 0 aliphatic rings. The van der Waals surface area contributed by atoms with Crippen LogP contribution in [-0.2, 0) is 11.3 Å². The van der Waals surface area contributed by atoms with Crippen LogP contribution in [-0.4, -0.2) is 10.9 Å². The largest absolute Gasteiger partial charge is 0.348 e. The van der Waals surface area contributed by atoms with Gasteiger partial charge >= 0.3 is 0 Å². The standard InChI is InChI=1S/C17H18N2O2/c1-12-10-13(2)19-17(21)15(12)11-18-16(20)9-8-14-6-4-3-5-7-14/h3-10H,11H2,1-2H3,(H,18,20)(H,19,21)/b9-8+. The van der Waals surface area contributed by atoms with E-state index in [1.165, 1.54) is 6.08 Å². The Morgan fingerprint density at radius 2 is 1.95 bits per heavy atom. The van der Waals surface area contributed by atoms with Crippen LogP contribution in [0.5, 0.6) is 0 Å². The second-order valence-electron chi connectivity index (χ2n) is 4.90. The third kappa shape index (κ3) is 4.18. The molecule has 0 aliphatic carbocycles. The van der Waals surface area contributed by atoms with E-state index in [4.69, 9.17) is 0 Å². The summed E-state index contributed by atoms with van der Waals surface area (Å²) in [5.41, 5.74) is 3.08. The third-order valence-electron chi connectivity index (χ3n) is 3.16. The number of carbonyl (C=O) groups excluding carboxylic acids is 1. The first-order valence-electron chi connectivity index (χ1n) is 6.76. The Balaban J connectivity index is 1.99. The van der Waals surface area contributed by atoms with Crippen LogP contribution in [0.25, 0.3) is 6.08 Å². The zero-order valence-corrected chi connectivity index (χ0v) is 12.1.